The molecule has 0 bridgehead atoms. The zero-order chi connectivity index (χ0) is 20.4. The molecular formula is C23H17IN2O3. The van der Waals surface area contributed by atoms with Crippen LogP contribution in [0.4, 0.5) is 0 Å². The highest BCUT2D eigenvalue weighted by molar-refractivity contribution is 14.1. The lowest BCUT2D eigenvalue weighted by Crippen LogP contribution is -2.01. The van der Waals surface area contributed by atoms with E-state index in [-0.39, 0.29) is 5.56 Å². The number of nitrogens with zero attached hydrogens (tertiary/aromatic N) is 2. The molecule has 1 N–H and O–H groups in total. The molecule has 0 saturated heterocycles. The fraction of sp³-hybridized carbons (Fsp3) is 0.0870. The Hall–Kier alpha value is -2.84. The van der Waals surface area contributed by atoms with Gasteiger partial charge in [0.25, 0.3) is 0 Å². The van der Waals surface area contributed by atoms with Crippen LogP contribution in [0.15, 0.2) is 66.9 Å². The van der Waals surface area contributed by atoms with Crippen LogP contribution < -0.4 is 0 Å². The average Bonchev–Trinajstić information content (AvgIpc) is 2.74. The lowest BCUT2D eigenvalue weighted by atomic mass is 10.0. The first-order valence-electron chi connectivity index (χ1n) is 8.93. The van der Waals surface area contributed by atoms with Crippen molar-refractivity contribution in [3.63, 3.8) is 0 Å². The Morgan fingerprint density at radius 2 is 1.76 bits per heavy atom. The van der Waals surface area contributed by atoms with Crippen LogP contribution >= 0.6 is 22.6 Å². The number of aromatic carboxylic acids is 1. The minimum absolute atomic E-state index is 0.225. The first kappa shape index (κ1) is 19.5. The maximum Gasteiger partial charge on any atom is 0.336 e. The van der Waals surface area contributed by atoms with Gasteiger partial charge in [0.1, 0.15) is 0 Å². The van der Waals surface area contributed by atoms with Crippen molar-refractivity contribution in [1.29, 1.82) is 0 Å². The van der Waals surface area contributed by atoms with Crippen LogP contribution in [0.1, 0.15) is 15.9 Å². The molecule has 2 aromatic carbocycles. The standard InChI is InChI=1S/C23H17IN2O3/c1-29-13-14-2-4-15(5-3-14)16-6-8-21(25-12-16)22-11-19(23(27)28)18-10-17(24)7-9-20(18)26-22/h2-12H,13H2,1H3,(H,27,28). The molecule has 0 amide bonds. The number of halogens is 1. The molecule has 0 unspecified atom stereocenters. The molecule has 4 aromatic rings. The Morgan fingerprint density at radius 3 is 2.41 bits per heavy atom. The Balaban J connectivity index is 1.71. The normalized spacial score (nSPS) is 11.0. The molecule has 0 aliphatic rings. The van der Waals surface area contributed by atoms with E-state index in [2.05, 4.69) is 32.6 Å². The van der Waals surface area contributed by atoms with E-state index in [1.54, 1.807) is 19.4 Å². The fourth-order valence-electron chi connectivity index (χ4n) is 3.18. The third kappa shape index (κ3) is 4.13. The molecule has 4 rings (SSSR count). The summed E-state index contributed by atoms with van der Waals surface area (Å²) in [4.78, 5) is 20.9. The van der Waals surface area contributed by atoms with Gasteiger partial charge in [0, 0.05) is 27.8 Å². The molecule has 0 aliphatic carbocycles. The number of aromatic nitrogens is 2. The molecule has 2 aromatic heterocycles. The summed E-state index contributed by atoms with van der Waals surface area (Å²) in [5, 5.41) is 10.3. The summed E-state index contributed by atoms with van der Waals surface area (Å²) in [7, 11) is 1.67. The number of ether oxygens (including phenoxy) is 1. The van der Waals surface area contributed by atoms with Gasteiger partial charge in [-0.25, -0.2) is 9.78 Å². The number of methoxy groups -OCH3 is 1. The Kier molecular flexibility index (Phi) is 5.55. The van der Waals surface area contributed by atoms with E-state index < -0.39 is 5.97 Å². The van der Waals surface area contributed by atoms with E-state index in [0.717, 1.165) is 20.3 Å². The molecule has 0 aliphatic heterocycles. The molecule has 29 heavy (non-hydrogen) atoms. The van der Waals surface area contributed by atoms with E-state index in [1.165, 1.54) is 0 Å². The van der Waals surface area contributed by atoms with Gasteiger partial charge in [-0.3, -0.25) is 4.98 Å². The van der Waals surface area contributed by atoms with E-state index in [0.29, 0.717) is 28.9 Å². The zero-order valence-corrected chi connectivity index (χ0v) is 17.8. The van der Waals surface area contributed by atoms with Crippen LogP contribution in [0.25, 0.3) is 33.4 Å². The van der Waals surface area contributed by atoms with Crippen molar-refractivity contribution in [2.45, 2.75) is 6.61 Å². The quantitative estimate of drug-likeness (QED) is 0.374. The average molecular weight is 496 g/mol. The van der Waals surface area contributed by atoms with Gasteiger partial charge < -0.3 is 9.84 Å². The molecule has 144 valence electrons. The number of benzene rings is 2. The van der Waals surface area contributed by atoms with Crippen LogP contribution in [0, 0.1) is 3.57 Å². The van der Waals surface area contributed by atoms with Gasteiger partial charge in [0.2, 0.25) is 0 Å². The summed E-state index contributed by atoms with van der Waals surface area (Å²) in [5.41, 5.74) is 5.17. The van der Waals surface area contributed by atoms with Crippen LogP contribution in [0.5, 0.6) is 0 Å². The largest absolute Gasteiger partial charge is 0.478 e. The lowest BCUT2D eigenvalue weighted by Gasteiger charge is -2.08. The third-order valence-corrected chi connectivity index (χ3v) is 5.30. The van der Waals surface area contributed by atoms with Gasteiger partial charge in [-0.1, -0.05) is 30.3 Å². The van der Waals surface area contributed by atoms with E-state index in [1.807, 2.05) is 54.6 Å². The maximum absolute atomic E-state index is 11.8. The van der Waals surface area contributed by atoms with Gasteiger partial charge in [-0.05, 0) is 64.0 Å². The lowest BCUT2D eigenvalue weighted by molar-refractivity contribution is 0.0699. The van der Waals surface area contributed by atoms with E-state index >= 15 is 0 Å². The summed E-state index contributed by atoms with van der Waals surface area (Å²) in [5.74, 6) is -0.978. The van der Waals surface area contributed by atoms with Crippen LogP contribution in [0.2, 0.25) is 0 Å². The van der Waals surface area contributed by atoms with Crippen molar-refractivity contribution in [2.24, 2.45) is 0 Å². The second kappa shape index (κ2) is 8.26. The highest BCUT2D eigenvalue weighted by Gasteiger charge is 2.14. The predicted molar refractivity (Wildman–Crippen MR) is 121 cm³/mol. The number of hydrogen-bond donors (Lipinski definition) is 1. The van der Waals surface area contributed by atoms with Crippen LogP contribution in [-0.4, -0.2) is 28.2 Å². The van der Waals surface area contributed by atoms with E-state index in [4.69, 9.17) is 4.74 Å². The van der Waals surface area contributed by atoms with Crippen molar-refractivity contribution in [3.8, 4) is 22.5 Å². The number of hydrogen-bond acceptors (Lipinski definition) is 4. The Bertz CT molecular complexity index is 1190. The highest BCUT2D eigenvalue weighted by atomic mass is 127. The summed E-state index contributed by atoms with van der Waals surface area (Å²) >= 11 is 2.16. The monoisotopic (exact) mass is 496 g/mol. The maximum atomic E-state index is 11.8. The number of rotatable bonds is 5. The smallest absolute Gasteiger partial charge is 0.336 e. The molecule has 5 nitrogen and oxygen atoms in total. The van der Waals surface area contributed by atoms with Gasteiger partial charge in [0.05, 0.1) is 29.1 Å². The molecule has 0 atom stereocenters. The van der Waals surface area contributed by atoms with Crippen molar-refractivity contribution in [2.75, 3.05) is 7.11 Å². The molecule has 0 spiro atoms. The second-order valence-corrected chi connectivity index (χ2v) is 7.83. The highest BCUT2D eigenvalue weighted by Crippen LogP contribution is 2.27. The minimum atomic E-state index is -0.978. The third-order valence-electron chi connectivity index (χ3n) is 4.63. The van der Waals surface area contributed by atoms with E-state index in [9.17, 15) is 9.90 Å². The number of fused-ring (bicyclic) bond motifs is 1. The minimum Gasteiger partial charge on any atom is -0.478 e. The second-order valence-electron chi connectivity index (χ2n) is 6.58. The molecule has 2 heterocycles. The van der Waals surface area contributed by atoms with Gasteiger partial charge in [-0.15, -0.1) is 0 Å². The Labute approximate surface area is 181 Å². The van der Waals surface area contributed by atoms with Crippen molar-refractivity contribution < 1.29 is 14.6 Å². The predicted octanol–water partition coefficient (Wildman–Crippen LogP) is 5.41. The number of carboxylic acid groups (broad SMARTS) is 1. The van der Waals surface area contributed by atoms with Gasteiger partial charge in [0.15, 0.2) is 0 Å². The molecule has 0 saturated carbocycles. The van der Waals surface area contributed by atoms with Gasteiger partial charge >= 0.3 is 5.97 Å². The first-order chi connectivity index (χ1) is 14.0. The van der Waals surface area contributed by atoms with Crippen molar-refractivity contribution >= 4 is 39.5 Å². The summed E-state index contributed by atoms with van der Waals surface area (Å²) < 4.78 is 6.10. The first-order valence-corrected chi connectivity index (χ1v) is 10.0. The van der Waals surface area contributed by atoms with Crippen molar-refractivity contribution in [1.82, 2.24) is 9.97 Å². The molecule has 6 heteroatoms. The summed E-state index contributed by atoms with van der Waals surface area (Å²) in [6, 6.07) is 19.1. The number of carbonyl (C=O) groups is 1. The van der Waals surface area contributed by atoms with Gasteiger partial charge in [-0.2, -0.15) is 0 Å². The van der Waals surface area contributed by atoms with Crippen molar-refractivity contribution in [3.05, 3.63) is 81.6 Å². The number of carboxylic acids is 1. The number of pyridine rings is 2. The zero-order valence-electron chi connectivity index (χ0n) is 15.6. The van der Waals surface area contributed by atoms with Crippen LogP contribution in [-0.2, 0) is 11.3 Å². The molecule has 0 fully saturated rings. The molecule has 0 radical (unpaired) electrons. The summed E-state index contributed by atoms with van der Waals surface area (Å²) in [6.07, 6.45) is 1.78. The van der Waals surface area contributed by atoms with Crippen LogP contribution in [0.3, 0.4) is 0 Å². The SMILES string of the molecule is COCc1ccc(-c2ccc(-c3cc(C(=O)O)c4cc(I)ccc4n3)nc2)cc1. The Morgan fingerprint density at radius 1 is 1.00 bits per heavy atom. The topological polar surface area (TPSA) is 72.3 Å². The molecular weight excluding hydrogens is 479 g/mol. The summed E-state index contributed by atoms with van der Waals surface area (Å²) in [6.45, 7) is 0.579. The fourth-order valence-corrected chi connectivity index (χ4v) is 3.67.